The van der Waals surface area contributed by atoms with E-state index in [1.165, 1.54) is 25.7 Å². The van der Waals surface area contributed by atoms with E-state index in [2.05, 4.69) is 31.2 Å². The Morgan fingerprint density at radius 3 is 2.85 bits per heavy atom. The first-order chi connectivity index (χ1) is 9.17. The van der Waals surface area contributed by atoms with Crippen LogP contribution >= 0.6 is 12.4 Å². The van der Waals surface area contributed by atoms with Gasteiger partial charge in [-0.2, -0.15) is 0 Å². The Morgan fingerprint density at radius 1 is 1.20 bits per heavy atom. The molecule has 0 aromatic heterocycles. The largest absolute Gasteiger partial charge is 0.300 e. The lowest BCUT2D eigenvalue weighted by Crippen LogP contribution is -2.39. The van der Waals surface area contributed by atoms with E-state index in [0.717, 1.165) is 24.7 Å². The summed E-state index contributed by atoms with van der Waals surface area (Å²) in [6, 6.07) is 9.00. The number of fused-ring (bicyclic) bond motifs is 5. The maximum Gasteiger partial charge on any atom is 0.133 e. The number of aryl methyl sites for hydroxylation is 1. The first-order valence-corrected chi connectivity index (χ1v) is 7.77. The van der Waals surface area contributed by atoms with Gasteiger partial charge in [0.25, 0.3) is 0 Å². The Kier molecular flexibility index (Phi) is 3.44. The van der Waals surface area contributed by atoms with E-state index in [1.54, 1.807) is 11.1 Å². The Bertz CT molecular complexity index is 538. The van der Waals surface area contributed by atoms with E-state index in [4.69, 9.17) is 0 Å². The molecule has 0 radical (unpaired) electrons. The summed E-state index contributed by atoms with van der Waals surface area (Å²) in [6.07, 6.45) is 6.77. The molecule has 0 bridgehead atoms. The maximum atomic E-state index is 11.9. The summed E-state index contributed by atoms with van der Waals surface area (Å²) in [5.74, 6) is 2.67. The first-order valence-electron chi connectivity index (χ1n) is 7.77. The zero-order valence-corrected chi connectivity index (χ0v) is 12.9. The van der Waals surface area contributed by atoms with Gasteiger partial charge in [-0.05, 0) is 60.0 Å². The van der Waals surface area contributed by atoms with Gasteiger partial charge < -0.3 is 0 Å². The molecular formula is C18H23ClO. The fourth-order valence-corrected chi connectivity index (χ4v) is 5.30. The Hall–Kier alpha value is -0.820. The number of benzene rings is 1. The van der Waals surface area contributed by atoms with E-state index >= 15 is 0 Å². The van der Waals surface area contributed by atoms with Gasteiger partial charge in [-0.25, -0.2) is 0 Å². The van der Waals surface area contributed by atoms with Gasteiger partial charge in [-0.15, -0.1) is 12.4 Å². The molecule has 3 aliphatic rings. The average Bonchev–Trinajstić information content (AvgIpc) is 2.73. The normalized spacial score (nSPS) is 38.5. The lowest BCUT2D eigenvalue weighted by Gasteiger charge is -2.48. The predicted octanol–water partition coefficient (Wildman–Crippen LogP) is 4.53. The molecule has 2 fully saturated rings. The van der Waals surface area contributed by atoms with E-state index in [0.29, 0.717) is 17.1 Å². The molecule has 1 nitrogen and oxygen atoms in total. The minimum atomic E-state index is 0. The second kappa shape index (κ2) is 4.87. The number of hydrogen-bond acceptors (Lipinski definition) is 1. The van der Waals surface area contributed by atoms with Crippen LogP contribution in [0, 0.1) is 17.3 Å². The van der Waals surface area contributed by atoms with E-state index in [-0.39, 0.29) is 12.4 Å². The van der Waals surface area contributed by atoms with Crippen molar-refractivity contribution in [1.82, 2.24) is 0 Å². The molecule has 20 heavy (non-hydrogen) atoms. The molecule has 0 saturated heterocycles. The summed E-state index contributed by atoms with van der Waals surface area (Å²) in [6.45, 7) is 2.37. The third-order valence-electron chi connectivity index (χ3n) is 6.21. The highest BCUT2D eigenvalue weighted by atomic mass is 35.5. The number of rotatable bonds is 0. The standard InChI is InChI=1S/C18H22O.ClH/c1-18-9-8-15-14-5-3-2-4-12(14)6-7-16(15)17(18)10-13(19)11-18;/h2-5,15-17H,6-11H2,1H3;1H/t15-,16-,17+,18-;/m1./s1. The molecule has 1 aromatic carbocycles. The first kappa shape index (κ1) is 14.1. The molecule has 2 saturated carbocycles. The molecule has 0 spiro atoms. The van der Waals surface area contributed by atoms with E-state index < -0.39 is 0 Å². The highest BCUT2D eigenvalue weighted by Gasteiger charge is 2.52. The highest BCUT2D eigenvalue weighted by Crippen LogP contribution is 2.59. The van der Waals surface area contributed by atoms with Crippen LogP contribution in [0.4, 0.5) is 0 Å². The third kappa shape index (κ3) is 1.94. The molecular weight excluding hydrogens is 268 g/mol. The Labute approximate surface area is 127 Å². The minimum absolute atomic E-state index is 0. The molecule has 3 aliphatic carbocycles. The number of ketones is 1. The van der Waals surface area contributed by atoms with E-state index in [9.17, 15) is 4.79 Å². The zero-order valence-electron chi connectivity index (χ0n) is 12.1. The minimum Gasteiger partial charge on any atom is -0.300 e. The molecule has 108 valence electrons. The molecule has 4 rings (SSSR count). The van der Waals surface area contributed by atoms with Crippen molar-refractivity contribution in [3.05, 3.63) is 35.4 Å². The number of hydrogen-bond donors (Lipinski definition) is 0. The van der Waals surface area contributed by atoms with Crippen LogP contribution in [0.1, 0.15) is 56.1 Å². The highest BCUT2D eigenvalue weighted by molar-refractivity contribution is 5.85. The molecule has 0 amide bonds. The average molecular weight is 291 g/mol. The molecule has 2 heteroatoms. The SMILES string of the molecule is C[C@]12CC[C@@H]3c4ccccc4CC[C@H]3[C@@H]1CC(=O)C2.Cl. The fourth-order valence-electron chi connectivity index (χ4n) is 5.30. The van der Waals surface area contributed by atoms with Gasteiger partial charge in [0, 0.05) is 12.8 Å². The zero-order chi connectivity index (χ0) is 13.0. The van der Waals surface area contributed by atoms with Crippen molar-refractivity contribution in [2.45, 2.75) is 51.4 Å². The van der Waals surface area contributed by atoms with Crippen LogP contribution in [0.5, 0.6) is 0 Å². The summed E-state index contributed by atoms with van der Waals surface area (Å²) in [5.41, 5.74) is 3.49. The van der Waals surface area contributed by atoms with Gasteiger partial charge in [0.2, 0.25) is 0 Å². The molecule has 0 heterocycles. The number of halogens is 1. The molecule has 0 N–H and O–H groups in total. The smallest absolute Gasteiger partial charge is 0.133 e. The molecule has 1 aromatic rings. The second-order valence-corrected chi connectivity index (χ2v) is 7.23. The fraction of sp³-hybridized carbons (Fsp3) is 0.611. The van der Waals surface area contributed by atoms with Crippen molar-refractivity contribution in [2.24, 2.45) is 17.3 Å². The summed E-state index contributed by atoms with van der Waals surface area (Å²) in [5, 5.41) is 0. The Morgan fingerprint density at radius 2 is 2.00 bits per heavy atom. The van der Waals surface area contributed by atoms with Gasteiger partial charge in [0.05, 0.1) is 0 Å². The summed E-state index contributed by atoms with van der Waals surface area (Å²) in [4.78, 5) is 11.9. The number of carbonyl (C=O) groups excluding carboxylic acids is 1. The van der Waals surface area contributed by atoms with Gasteiger partial charge in [-0.3, -0.25) is 4.79 Å². The number of Topliss-reactive ketones (excluding diaryl/α,β-unsaturated/α-hetero) is 1. The van der Waals surface area contributed by atoms with Gasteiger partial charge >= 0.3 is 0 Å². The maximum absolute atomic E-state index is 11.9. The monoisotopic (exact) mass is 290 g/mol. The van der Waals surface area contributed by atoms with Crippen molar-refractivity contribution in [2.75, 3.05) is 0 Å². The van der Waals surface area contributed by atoms with Gasteiger partial charge in [0.15, 0.2) is 0 Å². The van der Waals surface area contributed by atoms with Crippen LogP contribution in [0.2, 0.25) is 0 Å². The summed E-state index contributed by atoms with van der Waals surface area (Å²) in [7, 11) is 0. The van der Waals surface area contributed by atoms with Crippen LogP contribution in [-0.4, -0.2) is 5.78 Å². The number of carbonyl (C=O) groups is 1. The summed E-state index contributed by atoms with van der Waals surface area (Å²) < 4.78 is 0. The van der Waals surface area contributed by atoms with E-state index in [1.807, 2.05) is 0 Å². The van der Waals surface area contributed by atoms with Crippen LogP contribution in [0.3, 0.4) is 0 Å². The molecule has 4 atom stereocenters. The van der Waals surface area contributed by atoms with Crippen LogP contribution < -0.4 is 0 Å². The summed E-state index contributed by atoms with van der Waals surface area (Å²) >= 11 is 0. The van der Waals surface area contributed by atoms with Crippen molar-refractivity contribution in [3.8, 4) is 0 Å². The topological polar surface area (TPSA) is 17.1 Å². The van der Waals surface area contributed by atoms with Crippen molar-refractivity contribution >= 4 is 18.2 Å². The molecule has 0 aliphatic heterocycles. The van der Waals surface area contributed by atoms with Crippen molar-refractivity contribution < 1.29 is 4.79 Å². The van der Waals surface area contributed by atoms with Crippen molar-refractivity contribution in [1.29, 1.82) is 0 Å². The van der Waals surface area contributed by atoms with Crippen LogP contribution in [-0.2, 0) is 11.2 Å². The van der Waals surface area contributed by atoms with Gasteiger partial charge in [0.1, 0.15) is 5.78 Å². The lowest BCUT2D eigenvalue weighted by molar-refractivity contribution is -0.118. The van der Waals surface area contributed by atoms with Crippen LogP contribution in [0.25, 0.3) is 0 Å². The van der Waals surface area contributed by atoms with Crippen LogP contribution in [0.15, 0.2) is 24.3 Å². The predicted molar refractivity (Wildman–Crippen MR) is 83.3 cm³/mol. The molecule has 0 unspecified atom stereocenters. The second-order valence-electron chi connectivity index (χ2n) is 7.23. The van der Waals surface area contributed by atoms with Crippen molar-refractivity contribution in [3.63, 3.8) is 0 Å². The quantitative estimate of drug-likeness (QED) is 0.686. The Balaban J connectivity index is 0.00000121. The van der Waals surface area contributed by atoms with Gasteiger partial charge in [-0.1, -0.05) is 31.2 Å². The third-order valence-corrected chi connectivity index (χ3v) is 6.21. The lowest BCUT2D eigenvalue weighted by atomic mass is 9.56.